The molecule has 1 heterocycles. The Bertz CT molecular complexity index is 623. The van der Waals surface area contributed by atoms with Gasteiger partial charge >= 0.3 is 0 Å². The summed E-state index contributed by atoms with van der Waals surface area (Å²) in [5, 5.41) is 16.1. The van der Waals surface area contributed by atoms with Gasteiger partial charge in [-0.3, -0.25) is 4.68 Å². The molecule has 0 saturated heterocycles. The van der Waals surface area contributed by atoms with Crippen LogP contribution in [0.1, 0.15) is 35.5 Å². The van der Waals surface area contributed by atoms with Crippen LogP contribution in [0.15, 0.2) is 18.2 Å². The smallest absolute Gasteiger partial charge is 0.0850 e. The van der Waals surface area contributed by atoms with Crippen molar-refractivity contribution >= 4 is 23.2 Å². The molecule has 2 aromatic rings. The number of halogens is 2. The van der Waals surface area contributed by atoms with Gasteiger partial charge in [0.2, 0.25) is 0 Å². The van der Waals surface area contributed by atoms with E-state index in [1.807, 2.05) is 33.0 Å². The van der Waals surface area contributed by atoms with Crippen molar-refractivity contribution in [1.82, 2.24) is 9.78 Å². The van der Waals surface area contributed by atoms with Gasteiger partial charge < -0.3 is 5.11 Å². The number of aliphatic hydroxyl groups is 1. The Kier molecular flexibility index (Phi) is 4.74. The molecule has 1 atom stereocenters. The molecule has 0 aliphatic rings. The maximum absolute atomic E-state index is 10.5. The maximum atomic E-state index is 10.5. The zero-order valence-electron chi connectivity index (χ0n) is 11.8. The average Bonchev–Trinajstić information content (AvgIpc) is 2.68. The topological polar surface area (TPSA) is 38.0 Å². The fraction of sp³-hybridized carbons (Fsp3) is 0.400. The van der Waals surface area contributed by atoms with Crippen molar-refractivity contribution in [1.29, 1.82) is 0 Å². The van der Waals surface area contributed by atoms with Crippen molar-refractivity contribution in [2.45, 2.75) is 32.8 Å². The van der Waals surface area contributed by atoms with Crippen molar-refractivity contribution in [2.24, 2.45) is 7.05 Å². The van der Waals surface area contributed by atoms with Gasteiger partial charge in [0.1, 0.15) is 0 Å². The van der Waals surface area contributed by atoms with E-state index in [9.17, 15) is 5.11 Å². The standard InChI is InChI=1S/C15H18Cl2N2O/c1-4-12-15(17)13(19(3)18-12)8-14(20)11-7-10(16)6-5-9(11)2/h5-7,14,20H,4,8H2,1-3H3. The quantitative estimate of drug-likeness (QED) is 0.930. The predicted octanol–water partition coefficient (Wildman–Crippen LogP) is 3.87. The summed E-state index contributed by atoms with van der Waals surface area (Å²) in [7, 11) is 1.85. The molecule has 0 aliphatic heterocycles. The molecule has 0 saturated carbocycles. The highest BCUT2D eigenvalue weighted by Crippen LogP contribution is 2.28. The number of rotatable bonds is 4. The lowest BCUT2D eigenvalue weighted by atomic mass is 10.00. The van der Waals surface area contributed by atoms with E-state index in [1.54, 1.807) is 10.7 Å². The summed E-state index contributed by atoms with van der Waals surface area (Å²) in [4.78, 5) is 0. The lowest BCUT2D eigenvalue weighted by Crippen LogP contribution is -2.08. The number of aromatic nitrogens is 2. The second kappa shape index (κ2) is 6.17. The highest BCUT2D eigenvalue weighted by Gasteiger charge is 2.19. The molecule has 5 heteroatoms. The van der Waals surface area contributed by atoms with Gasteiger partial charge in [-0.05, 0) is 36.6 Å². The fourth-order valence-corrected chi connectivity index (χ4v) is 2.86. The van der Waals surface area contributed by atoms with Crippen molar-refractivity contribution in [3.63, 3.8) is 0 Å². The van der Waals surface area contributed by atoms with Gasteiger partial charge in [0, 0.05) is 18.5 Å². The molecule has 3 nitrogen and oxygen atoms in total. The van der Waals surface area contributed by atoms with Crippen LogP contribution in [0.25, 0.3) is 0 Å². The van der Waals surface area contributed by atoms with Crippen molar-refractivity contribution < 1.29 is 5.11 Å². The van der Waals surface area contributed by atoms with E-state index >= 15 is 0 Å². The molecule has 1 N–H and O–H groups in total. The Balaban J connectivity index is 2.30. The van der Waals surface area contributed by atoms with Crippen LogP contribution in [0.4, 0.5) is 0 Å². The Morgan fingerprint density at radius 3 is 2.65 bits per heavy atom. The number of nitrogens with zero attached hydrogens (tertiary/aromatic N) is 2. The van der Waals surface area contributed by atoms with Gasteiger partial charge in [-0.1, -0.05) is 36.2 Å². The van der Waals surface area contributed by atoms with Crippen LogP contribution in [0.3, 0.4) is 0 Å². The van der Waals surface area contributed by atoms with E-state index in [0.29, 0.717) is 16.5 Å². The highest BCUT2D eigenvalue weighted by molar-refractivity contribution is 6.32. The van der Waals surface area contributed by atoms with Gasteiger partial charge in [-0.25, -0.2) is 0 Å². The van der Waals surface area contributed by atoms with Crippen LogP contribution in [-0.2, 0) is 19.9 Å². The first kappa shape index (κ1) is 15.4. The minimum absolute atomic E-state index is 0.420. The lowest BCUT2D eigenvalue weighted by molar-refractivity contribution is 0.175. The van der Waals surface area contributed by atoms with E-state index in [-0.39, 0.29) is 0 Å². The van der Waals surface area contributed by atoms with E-state index in [4.69, 9.17) is 23.2 Å². The third-order valence-electron chi connectivity index (χ3n) is 3.49. The molecule has 0 radical (unpaired) electrons. The van der Waals surface area contributed by atoms with E-state index in [2.05, 4.69) is 5.10 Å². The predicted molar refractivity (Wildman–Crippen MR) is 82.4 cm³/mol. The van der Waals surface area contributed by atoms with Crippen LogP contribution >= 0.6 is 23.2 Å². The first-order chi connectivity index (χ1) is 9.43. The molecule has 2 rings (SSSR count). The molecule has 20 heavy (non-hydrogen) atoms. The number of aliphatic hydroxyl groups excluding tert-OH is 1. The minimum Gasteiger partial charge on any atom is -0.388 e. The van der Waals surface area contributed by atoms with Crippen molar-refractivity contribution in [2.75, 3.05) is 0 Å². The molecule has 0 bridgehead atoms. The molecule has 0 fully saturated rings. The second-order valence-corrected chi connectivity index (χ2v) is 5.72. The van der Waals surface area contributed by atoms with Crippen LogP contribution < -0.4 is 0 Å². The number of hydrogen-bond acceptors (Lipinski definition) is 2. The largest absolute Gasteiger partial charge is 0.388 e. The lowest BCUT2D eigenvalue weighted by Gasteiger charge is -2.14. The second-order valence-electron chi connectivity index (χ2n) is 4.91. The summed E-state index contributed by atoms with van der Waals surface area (Å²) in [6, 6.07) is 5.52. The summed E-state index contributed by atoms with van der Waals surface area (Å²) < 4.78 is 1.74. The average molecular weight is 313 g/mol. The van der Waals surface area contributed by atoms with Crippen LogP contribution in [0.2, 0.25) is 10.0 Å². The SMILES string of the molecule is CCc1nn(C)c(CC(O)c2cc(Cl)ccc2C)c1Cl. The third kappa shape index (κ3) is 3.00. The van der Waals surface area contributed by atoms with Crippen LogP contribution in [0, 0.1) is 6.92 Å². The van der Waals surface area contributed by atoms with Crippen LogP contribution in [-0.4, -0.2) is 14.9 Å². The molecular weight excluding hydrogens is 295 g/mol. The molecule has 0 spiro atoms. The zero-order valence-corrected chi connectivity index (χ0v) is 13.3. The molecular formula is C15H18Cl2N2O. The number of aryl methyl sites for hydroxylation is 3. The third-order valence-corrected chi connectivity index (χ3v) is 4.16. The molecule has 0 aliphatic carbocycles. The molecule has 1 aromatic heterocycles. The summed E-state index contributed by atoms with van der Waals surface area (Å²) >= 11 is 12.3. The summed E-state index contributed by atoms with van der Waals surface area (Å²) in [5.41, 5.74) is 3.54. The molecule has 1 unspecified atom stereocenters. The molecule has 0 amide bonds. The monoisotopic (exact) mass is 312 g/mol. The Hall–Kier alpha value is -1.03. The fourth-order valence-electron chi connectivity index (χ4n) is 2.31. The zero-order chi connectivity index (χ0) is 14.9. The number of hydrogen-bond donors (Lipinski definition) is 1. The van der Waals surface area contributed by atoms with Crippen LogP contribution in [0.5, 0.6) is 0 Å². The maximum Gasteiger partial charge on any atom is 0.0850 e. The first-order valence-electron chi connectivity index (χ1n) is 6.58. The van der Waals surface area contributed by atoms with E-state index in [1.165, 1.54) is 0 Å². The van der Waals surface area contributed by atoms with Gasteiger partial charge in [-0.2, -0.15) is 5.10 Å². The number of benzene rings is 1. The molecule has 1 aromatic carbocycles. The Morgan fingerprint density at radius 2 is 2.05 bits per heavy atom. The van der Waals surface area contributed by atoms with Gasteiger partial charge in [-0.15, -0.1) is 0 Å². The van der Waals surface area contributed by atoms with E-state index in [0.717, 1.165) is 28.9 Å². The summed E-state index contributed by atoms with van der Waals surface area (Å²) in [5.74, 6) is 0. The molecule has 108 valence electrons. The summed E-state index contributed by atoms with van der Waals surface area (Å²) in [6.45, 7) is 3.97. The van der Waals surface area contributed by atoms with Crippen molar-refractivity contribution in [3.05, 3.63) is 50.8 Å². The van der Waals surface area contributed by atoms with Gasteiger partial charge in [0.25, 0.3) is 0 Å². The Labute approximate surface area is 129 Å². The van der Waals surface area contributed by atoms with E-state index < -0.39 is 6.10 Å². The van der Waals surface area contributed by atoms with Crippen molar-refractivity contribution in [3.8, 4) is 0 Å². The summed E-state index contributed by atoms with van der Waals surface area (Å²) in [6.07, 6.45) is 0.550. The normalized spacial score (nSPS) is 12.7. The highest BCUT2D eigenvalue weighted by atomic mass is 35.5. The minimum atomic E-state index is -0.647. The van der Waals surface area contributed by atoms with Gasteiger partial charge in [0.15, 0.2) is 0 Å². The van der Waals surface area contributed by atoms with Gasteiger partial charge in [0.05, 0.1) is 22.5 Å². The Morgan fingerprint density at radius 1 is 1.35 bits per heavy atom. The first-order valence-corrected chi connectivity index (χ1v) is 7.34.